The van der Waals surface area contributed by atoms with Gasteiger partial charge in [-0.15, -0.1) is 11.8 Å². The van der Waals surface area contributed by atoms with Gasteiger partial charge in [0.25, 0.3) is 0 Å². The van der Waals surface area contributed by atoms with E-state index < -0.39 is 44.1 Å². The van der Waals surface area contributed by atoms with E-state index in [0.29, 0.717) is 23.6 Å². The van der Waals surface area contributed by atoms with Crippen molar-refractivity contribution in [1.29, 1.82) is 0 Å². The standard InChI is InChI=1S/C24H26ClF2NO5S2/c1-2-20(23(28)29)34-12-9-19-16-13-33-22-18(27)8-7-17(26)21(22)24(16,10-11-32-19)35(30,31)15-5-3-14(25)4-6-15/h3-8,16,19-20H,2,9-13H2,1H3,(H2,28,29)/t16-,19-,20?,24-/m0/s1. The van der Waals surface area contributed by atoms with Crippen LogP contribution in [0.4, 0.5) is 8.78 Å². The van der Waals surface area contributed by atoms with Gasteiger partial charge < -0.3 is 15.2 Å². The average Bonchev–Trinajstić information content (AvgIpc) is 2.83. The van der Waals surface area contributed by atoms with E-state index >= 15 is 4.39 Å². The maximum Gasteiger partial charge on any atom is 0.230 e. The van der Waals surface area contributed by atoms with Crippen LogP contribution in [0.1, 0.15) is 31.7 Å². The summed E-state index contributed by atoms with van der Waals surface area (Å²) in [7, 11) is -4.25. The molecule has 2 heterocycles. The molecule has 0 bridgehead atoms. The van der Waals surface area contributed by atoms with Gasteiger partial charge in [-0.2, -0.15) is 0 Å². The molecule has 4 rings (SSSR count). The van der Waals surface area contributed by atoms with E-state index in [4.69, 9.17) is 26.8 Å². The lowest BCUT2D eigenvalue weighted by molar-refractivity contribution is -0.117. The summed E-state index contributed by atoms with van der Waals surface area (Å²) >= 11 is 7.34. The summed E-state index contributed by atoms with van der Waals surface area (Å²) in [4.78, 5) is 11.6. The number of ether oxygens (including phenoxy) is 2. The summed E-state index contributed by atoms with van der Waals surface area (Å²) < 4.78 is 68.4. The molecule has 190 valence electrons. The van der Waals surface area contributed by atoms with Gasteiger partial charge in [0.15, 0.2) is 21.4 Å². The fourth-order valence-electron chi connectivity index (χ4n) is 5.06. The van der Waals surface area contributed by atoms with Gasteiger partial charge in [0.1, 0.15) is 10.6 Å². The number of rotatable bonds is 8. The molecule has 11 heteroatoms. The molecule has 2 aliphatic heterocycles. The average molecular weight is 546 g/mol. The molecule has 2 aromatic carbocycles. The Morgan fingerprint density at radius 1 is 1.23 bits per heavy atom. The largest absolute Gasteiger partial charge is 0.490 e. The van der Waals surface area contributed by atoms with Crippen LogP contribution in [0.15, 0.2) is 41.3 Å². The van der Waals surface area contributed by atoms with Crippen molar-refractivity contribution in [3.05, 3.63) is 58.6 Å². The van der Waals surface area contributed by atoms with E-state index in [-0.39, 0.29) is 41.1 Å². The lowest BCUT2D eigenvalue weighted by Crippen LogP contribution is -2.57. The van der Waals surface area contributed by atoms with E-state index in [2.05, 4.69) is 0 Å². The Balaban J connectivity index is 1.80. The first-order valence-corrected chi connectivity index (χ1v) is 14.2. The minimum atomic E-state index is -4.25. The molecular formula is C24H26ClF2NO5S2. The SMILES string of the molecule is CCC(SCC[C@@H]1OCC[C@@]2(S(=O)(=O)c3ccc(Cl)cc3)c3c(F)ccc(F)c3OC[C@@H]12)C(N)=O. The van der Waals surface area contributed by atoms with Crippen molar-refractivity contribution in [3.63, 3.8) is 0 Å². The van der Waals surface area contributed by atoms with Crippen LogP contribution in [0.5, 0.6) is 5.75 Å². The lowest BCUT2D eigenvalue weighted by Gasteiger charge is -2.50. The second-order valence-electron chi connectivity index (χ2n) is 8.62. The normalized spacial score (nSPS) is 24.7. The van der Waals surface area contributed by atoms with Gasteiger partial charge >= 0.3 is 0 Å². The third-order valence-electron chi connectivity index (χ3n) is 6.76. The van der Waals surface area contributed by atoms with E-state index in [1.807, 2.05) is 6.92 Å². The summed E-state index contributed by atoms with van der Waals surface area (Å²) in [6.45, 7) is 1.72. The Morgan fingerprint density at radius 3 is 2.57 bits per heavy atom. The van der Waals surface area contributed by atoms with E-state index in [0.717, 1.165) is 12.1 Å². The minimum Gasteiger partial charge on any atom is -0.490 e. The van der Waals surface area contributed by atoms with Gasteiger partial charge in [0, 0.05) is 17.5 Å². The zero-order valence-corrected chi connectivity index (χ0v) is 21.4. The number of hydrogen-bond donors (Lipinski definition) is 1. The Morgan fingerprint density at radius 2 is 1.91 bits per heavy atom. The van der Waals surface area contributed by atoms with Gasteiger partial charge in [0.05, 0.1) is 28.4 Å². The van der Waals surface area contributed by atoms with Crippen LogP contribution >= 0.6 is 23.4 Å². The molecule has 0 aliphatic carbocycles. The van der Waals surface area contributed by atoms with Crippen LogP contribution in [-0.2, 0) is 24.1 Å². The number of primary amides is 1. The molecule has 35 heavy (non-hydrogen) atoms. The van der Waals surface area contributed by atoms with Crippen molar-refractivity contribution in [2.75, 3.05) is 19.0 Å². The van der Waals surface area contributed by atoms with Crippen molar-refractivity contribution in [2.24, 2.45) is 11.7 Å². The predicted octanol–water partition coefficient (Wildman–Crippen LogP) is 4.47. The highest BCUT2D eigenvalue weighted by Crippen LogP contribution is 2.56. The molecule has 1 amide bonds. The molecule has 0 aromatic heterocycles. The zero-order valence-electron chi connectivity index (χ0n) is 19.0. The van der Waals surface area contributed by atoms with E-state index in [1.165, 1.54) is 36.0 Å². The molecule has 1 saturated heterocycles. The summed E-state index contributed by atoms with van der Waals surface area (Å²) in [5.74, 6) is -2.81. The van der Waals surface area contributed by atoms with Gasteiger partial charge in [-0.1, -0.05) is 18.5 Å². The molecule has 0 radical (unpaired) electrons. The number of hydrogen-bond acceptors (Lipinski definition) is 6. The third kappa shape index (κ3) is 4.54. The van der Waals surface area contributed by atoms with Crippen LogP contribution in [-0.4, -0.2) is 44.6 Å². The second kappa shape index (κ2) is 10.2. The number of carbonyl (C=O) groups is 1. The molecular weight excluding hydrogens is 520 g/mol. The summed E-state index contributed by atoms with van der Waals surface area (Å²) in [5.41, 5.74) is 5.13. The Bertz CT molecular complexity index is 1210. The molecule has 1 unspecified atom stereocenters. The number of fused-ring (bicyclic) bond motifs is 3. The second-order valence-corrected chi connectivity index (χ2v) is 12.6. The smallest absolute Gasteiger partial charge is 0.230 e. The summed E-state index contributed by atoms with van der Waals surface area (Å²) in [6.07, 6.45) is 0.249. The number of nitrogens with two attached hydrogens (primary N) is 1. The summed E-state index contributed by atoms with van der Waals surface area (Å²) in [5, 5.41) is -0.0274. The van der Waals surface area contributed by atoms with Crippen LogP contribution in [0, 0.1) is 17.6 Å². The molecule has 2 aromatic rings. The lowest BCUT2D eigenvalue weighted by atomic mass is 9.75. The van der Waals surface area contributed by atoms with Crippen LogP contribution in [0.25, 0.3) is 0 Å². The maximum atomic E-state index is 15.4. The number of benzene rings is 2. The monoisotopic (exact) mass is 545 g/mol. The molecule has 6 nitrogen and oxygen atoms in total. The third-order valence-corrected chi connectivity index (χ3v) is 11.0. The molecule has 2 N–H and O–H groups in total. The summed E-state index contributed by atoms with van der Waals surface area (Å²) in [6, 6.07) is 7.50. The molecule has 0 saturated carbocycles. The number of halogens is 3. The first-order valence-electron chi connectivity index (χ1n) is 11.3. The molecule has 1 fully saturated rings. The van der Waals surface area contributed by atoms with Crippen molar-refractivity contribution >= 4 is 39.1 Å². The Kier molecular flexibility index (Phi) is 7.66. The Labute approximate surface area is 212 Å². The zero-order chi connectivity index (χ0) is 25.4. The van der Waals surface area contributed by atoms with Gasteiger partial charge in [0.2, 0.25) is 5.91 Å². The van der Waals surface area contributed by atoms with Crippen molar-refractivity contribution in [3.8, 4) is 5.75 Å². The highest BCUT2D eigenvalue weighted by atomic mass is 35.5. The van der Waals surface area contributed by atoms with Crippen LogP contribution in [0.2, 0.25) is 5.02 Å². The minimum absolute atomic E-state index is 0.0288. The topological polar surface area (TPSA) is 95.7 Å². The highest BCUT2D eigenvalue weighted by Gasteiger charge is 2.61. The fraction of sp³-hybridized carbons (Fsp3) is 0.458. The van der Waals surface area contributed by atoms with Crippen molar-refractivity contribution in [1.82, 2.24) is 0 Å². The Hall–Kier alpha value is -1.88. The molecule has 4 atom stereocenters. The highest BCUT2D eigenvalue weighted by molar-refractivity contribution is 8.00. The fourth-order valence-corrected chi connectivity index (χ4v) is 8.59. The van der Waals surface area contributed by atoms with Crippen LogP contribution in [0.3, 0.4) is 0 Å². The van der Waals surface area contributed by atoms with Crippen LogP contribution < -0.4 is 10.5 Å². The van der Waals surface area contributed by atoms with Gasteiger partial charge in [-0.05, 0) is 61.4 Å². The quantitative estimate of drug-likeness (QED) is 0.526. The van der Waals surface area contributed by atoms with E-state index in [9.17, 15) is 17.6 Å². The molecule has 2 aliphatic rings. The van der Waals surface area contributed by atoms with Gasteiger partial charge in [-0.25, -0.2) is 17.2 Å². The maximum absolute atomic E-state index is 15.4. The predicted molar refractivity (Wildman–Crippen MR) is 130 cm³/mol. The number of amides is 1. The molecule has 0 spiro atoms. The number of sulfone groups is 1. The first-order chi connectivity index (χ1) is 16.6. The number of carbonyl (C=O) groups excluding carboxylic acids is 1. The number of thioether (sulfide) groups is 1. The van der Waals surface area contributed by atoms with Crippen molar-refractivity contribution in [2.45, 2.75) is 47.2 Å². The van der Waals surface area contributed by atoms with Gasteiger partial charge in [-0.3, -0.25) is 4.79 Å². The van der Waals surface area contributed by atoms with Crippen molar-refractivity contribution < 1.29 is 31.5 Å². The van der Waals surface area contributed by atoms with E-state index in [1.54, 1.807) is 0 Å². The first kappa shape index (κ1) is 26.2.